The molecule has 2 fully saturated rings. The Morgan fingerprint density at radius 3 is 2.35 bits per heavy atom. The average molecular weight is 354 g/mol. The van der Waals surface area contributed by atoms with Crippen LogP contribution in [0.2, 0.25) is 0 Å². The van der Waals surface area contributed by atoms with Gasteiger partial charge in [0.1, 0.15) is 0 Å². The topological polar surface area (TPSA) is 44.7 Å². The number of likely N-dealkylation sites (tertiary alicyclic amines) is 1. The number of hydrogen-bond donors (Lipinski definition) is 1. The molecule has 0 unspecified atom stereocenters. The minimum absolute atomic E-state index is 0.0968. The Balaban J connectivity index is 1.43. The third-order valence-corrected chi connectivity index (χ3v) is 7.06. The van der Waals surface area contributed by atoms with E-state index in [-0.39, 0.29) is 5.91 Å². The second-order valence-corrected chi connectivity index (χ2v) is 8.70. The first-order chi connectivity index (χ1) is 12.6. The molecule has 1 saturated carbocycles. The number of carbonyl (C=O) groups is 1. The van der Waals surface area contributed by atoms with E-state index in [4.69, 9.17) is 0 Å². The molecule has 1 spiro atoms. The maximum atomic E-state index is 12.7. The van der Waals surface area contributed by atoms with Crippen molar-refractivity contribution in [2.24, 2.45) is 22.4 Å². The molecule has 1 saturated heterocycles. The van der Waals surface area contributed by atoms with Crippen LogP contribution in [0.25, 0.3) is 0 Å². The summed E-state index contributed by atoms with van der Waals surface area (Å²) in [4.78, 5) is 15.3. The first-order valence-electron chi connectivity index (χ1n) is 10.3. The summed E-state index contributed by atoms with van der Waals surface area (Å²) < 4.78 is 0. The van der Waals surface area contributed by atoms with Crippen molar-refractivity contribution in [1.29, 1.82) is 0 Å². The summed E-state index contributed by atoms with van der Waals surface area (Å²) in [5.74, 6) is 1.81. The van der Waals surface area contributed by atoms with Gasteiger partial charge in [0.05, 0.1) is 11.1 Å². The fourth-order valence-electron chi connectivity index (χ4n) is 5.23. The summed E-state index contributed by atoms with van der Waals surface area (Å²) in [5, 5.41) is 4.43. The summed E-state index contributed by atoms with van der Waals surface area (Å²) in [7, 11) is 0. The van der Waals surface area contributed by atoms with Crippen LogP contribution in [-0.2, 0) is 4.79 Å². The number of piperidine rings is 1. The van der Waals surface area contributed by atoms with Crippen molar-refractivity contribution < 1.29 is 4.79 Å². The van der Waals surface area contributed by atoms with Gasteiger partial charge in [0, 0.05) is 6.04 Å². The number of rotatable bonds is 3. The summed E-state index contributed by atoms with van der Waals surface area (Å²) >= 11 is 0. The van der Waals surface area contributed by atoms with Crippen LogP contribution in [0.1, 0.15) is 57.9 Å². The molecule has 0 aromatic heterocycles. The molecule has 0 atom stereocenters. The van der Waals surface area contributed by atoms with E-state index in [0.717, 1.165) is 49.0 Å². The Kier molecular flexibility index (Phi) is 4.87. The molecule has 4 rings (SSSR count). The van der Waals surface area contributed by atoms with Crippen molar-refractivity contribution in [2.75, 3.05) is 13.1 Å². The van der Waals surface area contributed by atoms with Crippen molar-refractivity contribution in [3.63, 3.8) is 0 Å². The van der Waals surface area contributed by atoms with Gasteiger partial charge < -0.3 is 4.90 Å². The number of hydrazone groups is 1. The quantitative estimate of drug-likeness (QED) is 0.898. The van der Waals surface area contributed by atoms with Crippen LogP contribution in [0.4, 0.5) is 0 Å². The van der Waals surface area contributed by atoms with Crippen LogP contribution in [0.5, 0.6) is 0 Å². The van der Waals surface area contributed by atoms with Gasteiger partial charge in [-0.05, 0) is 69.0 Å². The van der Waals surface area contributed by atoms with Gasteiger partial charge in [-0.25, -0.2) is 5.43 Å². The van der Waals surface area contributed by atoms with E-state index in [9.17, 15) is 4.79 Å². The summed E-state index contributed by atoms with van der Waals surface area (Å²) in [6, 6.07) is 10.9. The summed E-state index contributed by atoms with van der Waals surface area (Å²) in [6.45, 7) is 6.74. The lowest BCUT2D eigenvalue weighted by atomic mass is 9.71. The molecule has 1 aliphatic carbocycles. The molecule has 140 valence electrons. The van der Waals surface area contributed by atoms with Crippen molar-refractivity contribution in [2.45, 2.75) is 58.4 Å². The molecular formula is C22H31N3O. The second kappa shape index (κ2) is 7.15. The molecular weight excluding hydrogens is 322 g/mol. The number of carbonyl (C=O) groups excluding carboxylic acids is 1. The minimum atomic E-state index is -0.424. The van der Waals surface area contributed by atoms with Crippen LogP contribution in [-0.4, -0.2) is 35.7 Å². The lowest BCUT2D eigenvalue weighted by Gasteiger charge is -2.44. The first kappa shape index (κ1) is 17.7. The smallest absolute Gasteiger partial charge is 0.252 e. The number of amides is 1. The van der Waals surface area contributed by atoms with Crippen LogP contribution in [0.3, 0.4) is 0 Å². The molecule has 2 aliphatic heterocycles. The molecule has 1 aromatic rings. The highest BCUT2D eigenvalue weighted by molar-refractivity contribution is 6.19. The van der Waals surface area contributed by atoms with Gasteiger partial charge in [-0.3, -0.25) is 4.79 Å². The monoisotopic (exact) mass is 353 g/mol. The Hall–Kier alpha value is -1.68. The molecule has 0 radical (unpaired) electrons. The molecule has 3 aliphatic rings. The lowest BCUT2D eigenvalue weighted by molar-refractivity contribution is -0.128. The molecule has 4 nitrogen and oxygen atoms in total. The number of benzene rings is 1. The van der Waals surface area contributed by atoms with Crippen LogP contribution in [0, 0.1) is 17.3 Å². The zero-order valence-electron chi connectivity index (χ0n) is 16.1. The van der Waals surface area contributed by atoms with Crippen LogP contribution in [0.15, 0.2) is 35.4 Å². The highest BCUT2D eigenvalue weighted by atomic mass is 16.2. The first-order valence-corrected chi connectivity index (χ1v) is 10.3. The molecule has 4 heteroatoms. The second-order valence-electron chi connectivity index (χ2n) is 8.70. The van der Waals surface area contributed by atoms with Crippen LogP contribution < -0.4 is 5.43 Å². The van der Waals surface area contributed by atoms with Gasteiger partial charge in [-0.1, -0.05) is 44.2 Å². The van der Waals surface area contributed by atoms with Crippen molar-refractivity contribution in [1.82, 2.24) is 10.3 Å². The molecule has 1 aromatic carbocycles. The van der Waals surface area contributed by atoms with Gasteiger partial charge >= 0.3 is 0 Å². The fourth-order valence-corrected chi connectivity index (χ4v) is 5.23. The maximum Gasteiger partial charge on any atom is 0.252 e. The Labute approximate surface area is 157 Å². The largest absolute Gasteiger partial charge is 0.300 e. The molecule has 2 heterocycles. The van der Waals surface area contributed by atoms with E-state index < -0.39 is 5.41 Å². The minimum Gasteiger partial charge on any atom is -0.300 e. The van der Waals surface area contributed by atoms with E-state index in [1.54, 1.807) is 0 Å². The van der Waals surface area contributed by atoms with Crippen molar-refractivity contribution in [3.05, 3.63) is 35.9 Å². The number of nitrogens with one attached hydrogen (secondary N) is 1. The SMILES string of the molecule is CC(C)C1CCC(N2CCC3(CC2)C(=O)NN=C3c2ccccc2)CC1. The lowest BCUT2D eigenvalue weighted by Crippen LogP contribution is -2.51. The van der Waals surface area contributed by atoms with Gasteiger partial charge in [0.25, 0.3) is 5.91 Å². The third kappa shape index (κ3) is 3.09. The van der Waals surface area contributed by atoms with Gasteiger partial charge in [0.15, 0.2) is 0 Å². The molecule has 1 N–H and O–H groups in total. The predicted octanol–water partition coefficient (Wildman–Crippen LogP) is 3.82. The Morgan fingerprint density at radius 2 is 1.73 bits per heavy atom. The van der Waals surface area contributed by atoms with Crippen molar-refractivity contribution >= 4 is 11.6 Å². The van der Waals surface area contributed by atoms with E-state index in [1.807, 2.05) is 18.2 Å². The fraction of sp³-hybridized carbons (Fsp3) is 0.636. The normalized spacial score (nSPS) is 29.0. The highest BCUT2D eigenvalue weighted by Crippen LogP contribution is 2.41. The molecule has 26 heavy (non-hydrogen) atoms. The van der Waals surface area contributed by atoms with E-state index in [2.05, 4.69) is 41.4 Å². The zero-order valence-corrected chi connectivity index (χ0v) is 16.1. The predicted molar refractivity (Wildman–Crippen MR) is 105 cm³/mol. The highest BCUT2D eigenvalue weighted by Gasteiger charge is 2.50. The Bertz CT molecular complexity index is 666. The van der Waals surface area contributed by atoms with E-state index in [1.165, 1.54) is 25.7 Å². The number of hydrogen-bond acceptors (Lipinski definition) is 3. The van der Waals surface area contributed by atoms with Crippen LogP contribution >= 0.6 is 0 Å². The number of nitrogens with zero attached hydrogens (tertiary/aromatic N) is 2. The summed E-state index contributed by atoms with van der Waals surface area (Å²) in [5.41, 5.74) is 4.38. The zero-order chi connectivity index (χ0) is 18.1. The van der Waals surface area contributed by atoms with Crippen molar-refractivity contribution in [3.8, 4) is 0 Å². The van der Waals surface area contributed by atoms with E-state index >= 15 is 0 Å². The van der Waals surface area contributed by atoms with Gasteiger partial charge in [-0.15, -0.1) is 0 Å². The average Bonchev–Trinajstić information content (AvgIpc) is 2.99. The third-order valence-electron chi connectivity index (χ3n) is 7.06. The standard InChI is InChI=1S/C22H31N3O/c1-16(2)17-8-10-19(11-9-17)25-14-12-22(13-15-25)20(23-24-21(22)26)18-6-4-3-5-7-18/h3-7,16-17,19H,8-15H2,1-2H3,(H,24,26). The van der Waals surface area contributed by atoms with Gasteiger partial charge in [-0.2, -0.15) is 5.10 Å². The maximum absolute atomic E-state index is 12.7. The molecule has 1 amide bonds. The molecule has 0 bridgehead atoms. The van der Waals surface area contributed by atoms with E-state index in [0.29, 0.717) is 6.04 Å². The van der Waals surface area contributed by atoms with Gasteiger partial charge in [0.2, 0.25) is 0 Å². The summed E-state index contributed by atoms with van der Waals surface area (Å²) in [6.07, 6.45) is 7.14. The Morgan fingerprint density at radius 1 is 1.08 bits per heavy atom.